The number of aryl methyl sites for hydroxylation is 2. The van der Waals surface area contributed by atoms with Crippen molar-refractivity contribution in [2.45, 2.75) is 84.5 Å². The van der Waals surface area contributed by atoms with E-state index >= 15 is 0 Å². The molecule has 6 nitrogen and oxygen atoms in total. The number of carbonyl (C=O) groups excluding carboxylic acids is 2. The number of aromatic hydroxyl groups is 2. The molecule has 0 spiro atoms. The number of ketones is 2. The van der Waals surface area contributed by atoms with Crippen LogP contribution in [-0.2, 0) is 22.4 Å². The molecular weight excluding hydrogens is 492 g/mol. The monoisotopic (exact) mass is 538 g/mol. The highest BCUT2D eigenvalue weighted by Crippen LogP contribution is 2.27. The number of unbranched alkanes of at least 4 members (excludes halogenated alkanes) is 5. The second kappa shape index (κ2) is 20.4. The quantitative estimate of drug-likeness (QED) is 0.158. The van der Waals surface area contributed by atoms with Crippen LogP contribution in [0.3, 0.4) is 0 Å². The van der Waals surface area contributed by atoms with E-state index in [0.717, 1.165) is 43.2 Å². The van der Waals surface area contributed by atoms with Crippen molar-refractivity contribution in [3.63, 3.8) is 0 Å². The topological polar surface area (TPSA) is 93.1 Å². The lowest BCUT2D eigenvalue weighted by molar-refractivity contribution is -0.115. The highest BCUT2D eigenvalue weighted by Gasteiger charge is 2.05. The Bertz CT molecular complexity index is 1050. The molecule has 39 heavy (non-hydrogen) atoms. The second-order valence-corrected chi connectivity index (χ2v) is 9.39. The number of hydrogen-bond acceptors (Lipinski definition) is 6. The Kier molecular flexibility index (Phi) is 17.5. The molecule has 0 bridgehead atoms. The van der Waals surface area contributed by atoms with Gasteiger partial charge in [0.05, 0.1) is 14.2 Å². The van der Waals surface area contributed by atoms with E-state index in [1.165, 1.54) is 27.1 Å². The molecule has 0 unspecified atom stereocenters. The molecule has 2 N–H and O–H groups in total. The van der Waals surface area contributed by atoms with Crippen LogP contribution in [0.5, 0.6) is 23.0 Å². The Labute approximate surface area is 234 Å². The van der Waals surface area contributed by atoms with Crippen LogP contribution >= 0.6 is 0 Å². The Hall–Kier alpha value is -3.54. The Balaban J connectivity index is 0.000000391. The van der Waals surface area contributed by atoms with Crippen molar-refractivity contribution in [1.29, 1.82) is 0 Å². The van der Waals surface area contributed by atoms with Gasteiger partial charge in [-0.25, -0.2) is 0 Å². The molecule has 0 aromatic heterocycles. The first kappa shape index (κ1) is 33.5. The van der Waals surface area contributed by atoms with E-state index in [9.17, 15) is 19.8 Å². The molecule has 2 rings (SSSR count). The minimum atomic E-state index is 0.122. The average molecular weight is 539 g/mol. The smallest absolute Gasteiger partial charge is 0.160 e. The maximum atomic E-state index is 11.7. The van der Waals surface area contributed by atoms with Crippen LogP contribution in [0.15, 0.2) is 60.7 Å². The fourth-order valence-corrected chi connectivity index (χ4v) is 3.72. The van der Waals surface area contributed by atoms with E-state index in [1.54, 1.807) is 36.4 Å². The van der Waals surface area contributed by atoms with Crippen molar-refractivity contribution >= 4 is 11.6 Å². The molecule has 0 aliphatic heterocycles. The van der Waals surface area contributed by atoms with Crippen LogP contribution < -0.4 is 9.47 Å². The molecule has 0 amide bonds. The molecule has 0 heterocycles. The van der Waals surface area contributed by atoms with Crippen molar-refractivity contribution in [1.82, 2.24) is 0 Å². The van der Waals surface area contributed by atoms with Gasteiger partial charge >= 0.3 is 0 Å². The van der Waals surface area contributed by atoms with Gasteiger partial charge < -0.3 is 19.7 Å². The first-order valence-electron chi connectivity index (χ1n) is 13.9. The maximum Gasteiger partial charge on any atom is 0.160 e. The normalized spacial score (nSPS) is 10.9. The number of allylic oxidation sites excluding steroid dienone is 4. The third-order valence-electron chi connectivity index (χ3n) is 6.11. The summed E-state index contributed by atoms with van der Waals surface area (Å²) in [6, 6.07) is 10.4. The Morgan fingerprint density at radius 3 is 1.54 bits per heavy atom. The van der Waals surface area contributed by atoms with Crippen molar-refractivity contribution < 1.29 is 29.3 Å². The summed E-state index contributed by atoms with van der Waals surface area (Å²) in [5.41, 5.74) is 1.98. The molecule has 0 aliphatic carbocycles. The van der Waals surface area contributed by atoms with Gasteiger partial charge in [0.1, 0.15) is 0 Å². The lowest BCUT2D eigenvalue weighted by Gasteiger charge is -2.05. The molecule has 0 radical (unpaired) electrons. The van der Waals surface area contributed by atoms with Crippen LogP contribution in [0.25, 0.3) is 0 Å². The molecular formula is C33H46O6. The number of ether oxygens (including phenoxy) is 2. The Morgan fingerprint density at radius 2 is 1.13 bits per heavy atom. The van der Waals surface area contributed by atoms with Crippen LogP contribution in [0.2, 0.25) is 0 Å². The highest BCUT2D eigenvalue weighted by molar-refractivity contribution is 5.90. The number of carbonyl (C=O) groups is 2. The molecule has 6 heteroatoms. The third kappa shape index (κ3) is 14.8. The van der Waals surface area contributed by atoms with Crippen LogP contribution in [0, 0.1) is 0 Å². The lowest BCUT2D eigenvalue weighted by Crippen LogP contribution is -1.96. The largest absolute Gasteiger partial charge is 0.504 e. The molecule has 2 aromatic carbocycles. The first-order valence-corrected chi connectivity index (χ1v) is 13.9. The fourth-order valence-electron chi connectivity index (χ4n) is 3.72. The number of phenols is 2. The van der Waals surface area contributed by atoms with E-state index in [0.29, 0.717) is 37.2 Å². The number of benzene rings is 2. The van der Waals surface area contributed by atoms with E-state index in [4.69, 9.17) is 9.47 Å². The summed E-state index contributed by atoms with van der Waals surface area (Å²) in [5.74, 6) is 1.43. The zero-order valence-corrected chi connectivity index (χ0v) is 24.1. The van der Waals surface area contributed by atoms with Gasteiger partial charge in [-0.05, 0) is 79.6 Å². The van der Waals surface area contributed by atoms with Gasteiger partial charge in [-0.1, -0.05) is 63.8 Å². The molecule has 0 fully saturated rings. The summed E-state index contributed by atoms with van der Waals surface area (Å²) in [7, 11) is 3.03. The van der Waals surface area contributed by atoms with Crippen molar-refractivity contribution in [3.05, 3.63) is 71.8 Å². The predicted octanol–water partition coefficient (Wildman–Crippen LogP) is 7.69. The average Bonchev–Trinajstić information content (AvgIpc) is 2.94. The molecule has 0 aliphatic rings. The van der Waals surface area contributed by atoms with Crippen LogP contribution in [-0.4, -0.2) is 36.0 Å². The van der Waals surface area contributed by atoms with Crippen LogP contribution in [0.4, 0.5) is 0 Å². The van der Waals surface area contributed by atoms with E-state index in [2.05, 4.69) is 13.8 Å². The fraction of sp³-hybridized carbons (Fsp3) is 0.455. The SMILES string of the molecule is CCCC/C=C/C(=O)CCc1ccc(O)c(OC)c1.CCCCC/C=C/C(=O)CCc1ccc(O)c(OC)c1. The number of rotatable bonds is 17. The first-order chi connectivity index (χ1) is 18.8. The highest BCUT2D eigenvalue weighted by atomic mass is 16.5. The molecule has 214 valence electrons. The third-order valence-corrected chi connectivity index (χ3v) is 6.11. The van der Waals surface area contributed by atoms with Gasteiger partial charge in [-0.2, -0.15) is 0 Å². The minimum Gasteiger partial charge on any atom is -0.504 e. The van der Waals surface area contributed by atoms with Gasteiger partial charge in [-0.15, -0.1) is 0 Å². The van der Waals surface area contributed by atoms with Gasteiger partial charge in [0.15, 0.2) is 34.6 Å². The molecule has 0 saturated carbocycles. The summed E-state index contributed by atoms with van der Waals surface area (Å²) < 4.78 is 10.1. The molecule has 0 saturated heterocycles. The summed E-state index contributed by atoms with van der Waals surface area (Å²) >= 11 is 0. The summed E-state index contributed by atoms with van der Waals surface area (Å²) in [4.78, 5) is 23.3. The van der Waals surface area contributed by atoms with Gasteiger partial charge in [0.2, 0.25) is 0 Å². The lowest BCUT2D eigenvalue weighted by atomic mass is 10.1. The summed E-state index contributed by atoms with van der Waals surface area (Å²) in [6.07, 6.45) is 17.3. The zero-order valence-electron chi connectivity index (χ0n) is 24.1. The zero-order chi connectivity index (χ0) is 28.9. The predicted molar refractivity (Wildman–Crippen MR) is 158 cm³/mol. The van der Waals surface area contributed by atoms with Crippen molar-refractivity contribution in [3.8, 4) is 23.0 Å². The van der Waals surface area contributed by atoms with Gasteiger partial charge in [0.25, 0.3) is 0 Å². The number of methoxy groups -OCH3 is 2. The summed E-state index contributed by atoms with van der Waals surface area (Å²) in [5, 5.41) is 19.0. The standard InChI is InChI=1S/C17H24O3.C16H22O3/c1-3-4-5-6-7-8-15(18)11-9-14-10-12-16(19)17(13-14)20-2;1-3-4-5-6-7-14(17)10-8-13-9-11-15(18)16(12-13)19-2/h7-8,10,12-13,19H,3-6,9,11H2,1-2H3;6-7,9,11-12,18H,3-5,8,10H2,1-2H3/b8-7+;7-6+. The number of phenolic OH excluding ortho intramolecular Hbond substituents is 2. The molecule has 2 aromatic rings. The van der Waals surface area contributed by atoms with Gasteiger partial charge in [0, 0.05) is 12.8 Å². The van der Waals surface area contributed by atoms with Crippen LogP contribution in [0.1, 0.15) is 82.8 Å². The van der Waals surface area contributed by atoms with E-state index in [1.807, 2.05) is 24.3 Å². The van der Waals surface area contributed by atoms with E-state index in [-0.39, 0.29) is 23.1 Å². The van der Waals surface area contributed by atoms with E-state index < -0.39 is 0 Å². The van der Waals surface area contributed by atoms with Crippen molar-refractivity contribution in [2.75, 3.05) is 14.2 Å². The molecule has 0 atom stereocenters. The summed E-state index contributed by atoms with van der Waals surface area (Å²) in [6.45, 7) is 4.30. The number of hydrogen-bond donors (Lipinski definition) is 2. The minimum absolute atomic E-state index is 0.122. The van der Waals surface area contributed by atoms with Gasteiger partial charge in [-0.3, -0.25) is 9.59 Å². The second-order valence-electron chi connectivity index (χ2n) is 9.39. The Morgan fingerprint density at radius 1 is 0.692 bits per heavy atom. The maximum absolute atomic E-state index is 11.7. The van der Waals surface area contributed by atoms with Crippen molar-refractivity contribution in [2.24, 2.45) is 0 Å².